The molecule has 2 rings (SSSR count). The fourth-order valence-corrected chi connectivity index (χ4v) is 3.52. The Hall–Kier alpha value is -1.39. The van der Waals surface area contributed by atoms with Crippen LogP contribution in [-0.4, -0.2) is 47.4 Å². The molecule has 1 aliphatic heterocycles. The molecule has 4 nitrogen and oxygen atoms in total. The van der Waals surface area contributed by atoms with E-state index in [4.69, 9.17) is 5.73 Å². The first-order valence-corrected chi connectivity index (χ1v) is 9.41. The number of amides is 1. The fourth-order valence-electron chi connectivity index (χ4n) is 3.52. The standard InChI is InChI=1S/C20H33N3O/c1-3-13-23(20(24)12-11-17(2)21)19-10-7-14-22(16-19)15-18-8-5-4-6-9-18/h4-6,8-9,17,19H,3,7,10-16,21H2,1-2H3. The zero-order valence-electron chi connectivity index (χ0n) is 15.3. The lowest BCUT2D eigenvalue weighted by molar-refractivity contribution is -0.135. The Morgan fingerprint density at radius 3 is 2.79 bits per heavy atom. The molecule has 24 heavy (non-hydrogen) atoms. The minimum absolute atomic E-state index is 0.0957. The fraction of sp³-hybridized carbons (Fsp3) is 0.650. The molecule has 1 aromatic carbocycles. The molecule has 134 valence electrons. The number of hydrogen-bond acceptors (Lipinski definition) is 3. The van der Waals surface area contributed by atoms with Gasteiger partial charge in [-0.3, -0.25) is 9.69 Å². The zero-order chi connectivity index (χ0) is 17.4. The minimum atomic E-state index is 0.0957. The van der Waals surface area contributed by atoms with Gasteiger partial charge in [0.05, 0.1) is 0 Å². The average Bonchev–Trinajstić information content (AvgIpc) is 2.58. The Labute approximate surface area is 147 Å². The minimum Gasteiger partial charge on any atom is -0.338 e. The van der Waals surface area contributed by atoms with Gasteiger partial charge in [-0.05, 0) is 44.7 Å². The lowest BCUT2D eigenvalue weighted by atomic mass is 10.0. The van der Waals surface area contributed by atoms with Crippen LogP contribution in [0.15, 0.2) is 30.3 Å². The van der Waals surface area contributed by atoms with Crippen molar-refractivity contribution in [3.63, 3.8) is 0 Å². The smallest absolute Gasteiger partial charge is 0.222 e. The van der Waals surface area contributed by atoms with E-state index in [0.29, 0.717) is 12.5 Å². The van der Waals surface area contributed by atoms with E-state index >= 15 is 0 Å². The first kappa shape index (κ1) is 18.9. The maximum Gasteiger partial charge on any atom is 0.222 e. The van der Waals surface area contributed by atoms with Crippen molar-refractivity contribution in [2.45, 2.75) is 64.6 Å². The molecule has 0 saturated carbocycles. The molecule has 1 aromatic rings. The van der Waals surface area contributed by atoms with E-state index in [2.05, 4.69) is 47.1 Å². The van der Waals surface area contributed by atoms with Crippen molar-refractivity contribution in [3.8, 4) is 0 Å². The van der Waals surface area contributed by atoms with Gasteiger partial charge < -0.3 is 10.6 Å². The number of nitrogens with two attached hydrogens (primary N) is 1. The summed E-state index contributed by atoms with van der Waals surface area (Å²) in [4.78, 5) is 17.3. The molecule has 4 heteroatoms. The Bertz CT molecular complexity index is 489. The van der Waals surface area contributed by atoms with Crippen LogP contribution in [0.1, 0.15) is 51.5 Å². The van der Waals surface area contributed by atoms with Crippen molar-refractivity contribution in [1.82, 2.24) is 9.80 Å². The second-order valence-electron chi connectivity index (χ2n) is 7.12. The first-order valence-electron chi connectivity index (χ1n) is 9.41. The molecule has 2 N–H and O–H groups in total. The molecular weight excluding hydrogens is 298 g/mol. The van der Waals surface area contributed by atoms with E-state index < -0.39 is 0 Å². The summed E-state index contributed by atoms with van der Waals surface area (Å²) in [5, 5.41) is 0. The van der Waals surface area contributed by atoms with Crippen molar-refractivity contribution in [3.05, 3.63) is 35.9 Å². The average molecular weight is 332 g/mol. The number of carbonyl (C=O) groups excluding carboxylic acids is 1. The largest absolute Gasteiger partial charge is 0.338 e. The van der Waals surface area contributed by atoms with Crippen LogP contribution in [0.4, 0.5) is 0 Å². The molecule has 1 heterocycles. The molecule has 1 amide bonds. The van der Waals surface area contributed by atoms with Crippen LogP contribution in [0, 0.1) is 0 Å². The molecule has 2 unspecified atom stereocenters. The second-order valence-corrected chi connectivity index (χ2v) is 7.12. The maximum atomic E-state index is 12.7. The number of piperidine rings is 1. The van der Waals surface area contributed by atoms with Crippen LogP contribution in [0.25, 0.3) is 0 Å². The highest BCUT2D eigenvalue weighted by atomic mass is 16.2. The highest BCUT2D eigenvalue weighted by Gasteiger charge is 2.27. The van der Waals surface area contributed by atoms with Gasteiger partial charge in [0.25, 0.3) is 0 Å². The first-order chi connectivity index (χ1) is 11.6. The number of nitrogens with zero attached hydrogens (tertiary/aromatic N) is 2. The summed E-state index contributed by atoms with van der Waals surface area (Å²) in [6.07, 6.45) is 4.65. The molecule has 0 bridgehead atoms. The van der Waals surface area contributed by atoms with E-state index in [-0.39, 0.29) is 11.9 Å². The summed E-state index contributed by atoms with van der Waals surface area (Å²) in [7, 11) is 0. The van der Waals surface area contributed by atoms with Crippen LogP contribution < -0.4 is 5.73 Å². The van der Waals surface area contributed by atoms with Crippen LogP contribution in [0.3, 0.4) is 0 Å². The molecule has 0 spiro atoms. The third-order valence-corrected chi connectivity index (χ3v) is 4.77. The number of likely N-dealkylation sites (tertiary alicyclic amines) is 1. The van der Waals surface area contributed by atoms with E-state index in [0.717, 1.165) is 51.9 Å². The van der Waals surface area contributed by atoms with Gasteiger partial charge in [0, 0.05) is 38.1 Å². The molecular formula is C20H33N3O. The van der Waals surface area contributed by atoms with Gasteiger partial charge in [-0.1, -0.05) is 37.3 Å². The predicted octanol–water partition coefficient (Wildman–Crippen LogP) is 3.02. The molecule has 1 aliphatic rings. The Morgan fingerprint density at radius 1 is 1.38 bits per heavy atom. The van der Waals surface area contributed by atoms with Gasteiger partial charge in [0.2, 0.25) is 5.91 Å². The van der Waals surface area contributed by atoms with Gasteiger partial charge in [0.15, 0.2) is 0 Å². The quantitative estimate of drug-likeness (QED) is 0.796. The number of carbonyl (C=O) groups is 1. The van der Waals surface area contributed by atoms with Crippen LogP contribution in [0.2, 0.25) is 0 Å². The van der Waals surface area contributed by atoms with E-state index in [9.17, 15) is 4.79 Å². The summed E-state index contributed by atoms with van der Waals surface area (Å²) in [5.74, 6) is 0.278. The summed E-state index contributed by atoms with van der Waals surface area (Å²) in [6.45, 7) is 8.07. The zero-order valence-corrected chi connectivity index (χ0v) is 15.3. The van der Waals surface area contributed by atoms with Gasteiger partial charge in [0.1, 0.15) is 0 Å². The Kier molecular flexibility index (Phi) is 7.73. The van der Waals surface area contributed by atoms with Crippen LogP contribution >= 0.6 is 0 Å². The third kappa shape index (κ3) is 5.91. The molecule has 1 saturated heterocycles. The monoisotopic (exact) mass is 331 g/mol. The number of hydrogen-bond donors (Lipinski definition) is 1. The molecule has 0 radical (unpaired) electrons. The van der Waals surface area contributed by atoms with Crippen molar-refractivity contribution in [2.24, 2.45) is 5.73 Å². The molecule has 2 atom stereocenters. The van der Waals surface area contributed by atoms with Crippen LogP contribution in [0.5, 0.6) is 0 Å². The molecule has 1 fully saturated rings. The van der Waals surface area contributed by atoms with Gasteiger partial charge in [-0.15, -0.1) is 0 Å². The highest BCUT2D eigenvalue weighted by Crippen LogP contribution is 2.19. The summed E-state index contributed by atoms with van der Waals surface area (Å²) < 4.78 is 0. The van der Waals surface area contributed by atoms with E-state index in [1.54, 1.807) is 0 Å². The summed E-state index contributed by atoms with van der Waals surface area (Å²) in [5.41, 5.74) is 7.17. The Morgan fingerprint density at radius 2 is 2.12 bits per heavy atom. The highest BCUT2D eigenvalue weighted by molar-refractivity contribution is 5.76. The van der Waals surface area contributed by atoms with E-state index in [1.165, 1.54) is 5.56 Å². The second kappa shape index (κ2) is 9.80. The predicted molar refractivity (Wildman–Crippen MR) is 99.6 cm³/mol. The molecule has 0 aliphatic carbocycles. The number of rotatable bonds is 8. The normalized spacial score (nSPS) is 19.9. The SMILES string of the molecule is CCCN(C(=O)CCC(C)N)C1CCCN(Cc2ccccc2)C1. The lowest BCUT2D eigenvalue weighted by Crippen LogP contribution is -2.50. The molecule has 0 aromatic heterocycles. The number of benzene rings is 1. The Balaban J connectivity index is 1.94. The van der Waals surface area contributed by atoms with Gasteiger partial charge in [-0.25, -0.2) is 0 Å². The maximum absolute atomic E-state index is 12.7. The van der Waals surface area contributed by atoms with Gasteiger partial charge >= 0.3 is 0 Å². The van der Waals surface area contributed by atoms with Crippen molar-refractivity contribution in [2.75, 3.05) is 19.6 Å². The van der Waals surface area contributed by atoms with Crippen LogP contribution in [-0.2, 0) is 11.3 Å². The van der Waals surface area contributed by atoms with Gasteiger partial charge in [-0.2, -0.15) is 0 Å². The topological polar surface area (TPSA) is 49.6 Å². The third-order valence-electron chi connectivity index (χ3n) is 4.77. The van der Waals surface area contributed by atoms with Crippen molar-refractivity contribution >= 4 is 5.91 Å². The summed E-state index contributed by atoms with van der Waals surface area (Å²) >= 11 is 0. The van der Waals surface area contributed by atoms with Crippen molar-refractivity contribution in [1.29, 1.82) is 0 Å². The lowest BCUT2D eigenvalue weighted by Gasteiger charge is -2.39. The van der Waals surface area contributed by atoms with Crippen molar-refractivity contribution < 1.29 is 4.79 Å². The summed E-state index contributed by atoms with van der Waals surface area (Å²) in [6, 6.07) is 11.1. The van der Waals surface area contributed by atoms with E-state index in [1.807, 2.05) is 6.92 Å².